The summed E-state index contributed by atoms with van der Waals surface area (Å²) in [6.45, 7) is 3.79. The number of benzene rings is 1. The molecule has 7 heteroatoms. The van der Waals surface area contributed by atoms with Crippen LogP contribution < -0.4 is 0 Å². The standard InChI is InChI=1S/C20H21N5OS/c1-15-5-4-6-17(13-15)25-19(16-7-9-21-10-8-16)22-23-20(25)27-14-18(26)24-11-2-3-12-24/h4-10,13H,2-3,11-12,14H2,1H3. The number of nitrogens with zero attached hydrogens (tertiary/aromatic N) is 5. The minimum absolute atomic E-state index is 0.168. The van der Waals surface area contributed by atoms with Gasteiger partial charge in [-0.25, -0.2) is 0 Å². The van der Waals surface area contributed by atoms with E-state index in [-0.39, 0.29) is 5.91 Å². The number of thioether (sulfide) groups is 1. The highest BCUT2D eigenvalue weighted by Gasteiger charge is 2.21. The Labute approximate surface area is 162 Å². The first-order chi connectivity index (χ1) is 13.2. The molecule has 0 saturated carbocycles. The van der Waals surface area contributed by atoms with Gasteiger partial charge in [0.2, 0.25) is 5.91 Å². The molecule has 138 valence electrons. The van der Waals surface area contributed by atoms with Crippen molar-refractivity contribution < 1.29 is 4.79 Å². The maximum absolute atomic E-state index is 12.4. The number of pyridine rings is 1. The van der Waals surface area contributed by atoms with E-state index in [4.69, 9.17) is 0 Å². The third-order valence-electron chi connectivity index (χ3n) is 4.62. The lowest BCUT2D eigenvalue weighted by Crippen LogP contribution is -2.29. The van der Waals surface area contributed by atoms with Crippen molar-refractivity contribution in [1.82, 2.24) is 24.6 Å². The van der Waals surface area contributed by atoms with Crippen LogP contribution in [-0.4, -0.2) is 49.4 Å². The monoisotopic (exact) mass is 379 g/mol. The Morgan fingerprint density at radius 3 is 2.63 bits per heavy atom. The van der Waals surface area contributed by atoms with Crippen LogP contribution in [0.2, 0.25) is 0 Å². The molecule has 2 aromatic heterocycles. The van der Waals surface area contributed by atoms with Gasteiger partial charge in [0, 0.05) is 36.7 Å². The molecule has 1 aliphatic heterocycles. The van der Waals surface area contributed by atoms with Crippen molar-refractivity contribution in [3.8, 4) is 17.1 Å². The number of hydrogen-bond acceptors (Lipinski definition) is 5. The predicted octanol–water partition coefficient (Wildman–Crippen LogP) is 3.35. The Morgan fingerprint density at radius 1 is 1.11 bits per heavy atom. The van der Waals surface area contributed by atoms with Gasteiger partial charge in [0.05, 0.1) is 5.75 Å². The zero-order valence-electron chi connectivity index (χ0n) is 15.2. The van der Waals surface area contributed by atoms with Crippen LogP contribution in [0.5, 0.6) is 0 Å². The first-order valence-corrected chi connectivity index (χ1v) is 10.0. The van der Waals surface area contributed by atoms with Crippen LogP contribution in [0.1, 0.15) is 18.4 Å². The van der Waals surface area contributed by atoms with Crippen LogP contribution in [0.25, 0.3) is 17.1 Å². The molecule has 0 aliphatic carbocycles. The highest BCUT2D eigenvalue weighted by molar-refractivity contribution is 7.99. The average molecular weight is 379 g/mol. The summed E-state index contributed by atoms with van der Waals surface area (Å²) in [7, 11) is 0. The summed E-state index contributed by atoms with van der Waals surface area (Å²) in [6, 6.07) is 12.0. The molecular formula is C20H21N5OS. The van der Waals surface area contributed by atoms with Crippen molar-refractivity contribution >= 4 is 17.7 Å². The number of rotatable bonds is 5. The van der Waals surface area contributed by atoms with E-state index in [0.717, 1.165) is 53.7 Å². The molecule has 27 heavy (non-hydrogen) atoms. The third kappa shape index (κ3) is 3.88. The van der Waals surface area contributed by atoms with Crippen molar-refractivity contribution in [3.63, 3.8) is 0 Å². The number of aryl methyl sites for hydroxylation is 1. The van der Waals surface area contributed by atoms with Crippen molar-refractivity contribution in [3.05, 3.63) is 54.4 Å². The van der Waals surface area contributed by atoms with Gasteiger partial charge >= 0.3 is 0 Å². The molecule has 0 bridgehead atoms. The van der Waals surface area contributed by atoms with E-state index in [9.17, 15) is 4.79 Å². The summed E-state index contributed by atoms with van der Waals surface area (Å²) in [5.74, 6) is 1.29. The van der Waals surface area contributed by atoms with Crippen LogP contribution in [0.4, 0.5) is 0 Å². The van der Waals surface area contributed by atoms with E-state index in [2.05, 4.69) is 34.2 Å². The topological polar surface area (TPSA) is 63.9 Å². The van der Waals surface area contributed by atoms with Crippen molar-refractivity contribution in [2.45, 2.75) is 24.9 Å². The van der Waals surface area contributed by atoms with Gasteiger partial charge in [-0.15, -0.1) is 10.2 Å². The molecule has 1 aromatic carbocycles. The van der Waals surface area contributed by atoms with E-state index in [1.807, 2.05) is 33.7 Å². The zero-order chi connectivity index (χ0) is 18.6. The zero-order valence-corrected chi connectivity index (χ0v) is 16.0. The van der Waals surface area contributed by atoms with E-state index < -0.39 is 0 Å². The van der Waals surface area contributed by atoms with Gasteiger partial charge < -0.3 is 4.90 Å². The molecule has 0 N–H and O–H groups in total. The summed E-state index contributed by atoms with van der Waals surface area (Å²) < 4.78 is 2.02. The van der Waals surface area contributed by atoms with Crippen molar-refractivity contribution in [1.29, 1.82) is 0 Å². The Hall–Kier alpha value is -2.67. The molecule has 0 atom stereocenters. The largest absolute Gasteiger partial charge is 0.342 e. The molecule has 0 unspecified atom stereocenters. The summed E-state index contributed by atoms with van der Waals surface area (Å²) in [5, 5.41) is 9.51. The second kappa shape index (κ2) is 7.92. The molecule has 1 aliphatic rings. The fourth-order valence-electron chi connectivity index (χ4n) is 3.24. The summed E-state index contributed by atoms with van der Waals surface area (Å²) >= 11 is 1.44. The number of hydrogen-bond donors (Lipinski definition) is 0. The lowest BCUT2D eigenvalue weighted by atomic mass is 10.2. The maximum atomic E-state index is 12.4. The molecule has 1 amide bonds. The second-order valence-electron chi connectivity index (χ2n) is 6.59. The SMILES string of the molecule is Cc1cccc(-n2c(SCC(=O)N3CCCC3)nnc2-c2ccncc2)c1. The van der Waals surface area contributed by atoms with Crippen LogP contribution in [0, 0.1) is 6.92 Å². The summed E-state index contributed by atoms with van der Waals surface area (Å²) in [6.07, 6.45) is 5.69. The number of aromatic nitrogens is 4. The minimum atomic E-state index is 0.168. The van der Waals surface area contributed by atoms with Gasteiger partial charge in [0.25, 0.3) is 0 Å². The highest BCUT2D eigenvalue weighted by atomic mass is 32.2. The molecule has 3 heterocycles. The first-order valence-electron chi connectivity index (χ1n) is 9.06. The van der Waals surface area contributed by atoms with Gasteiger partial charge in [-0.3, -0.25) is 14.3 Å². The molecule has 1 saturated heterocycles. The Balaban J connectivity index is 1.67. The fourth-order valence-corrected chi connectivity index (χ4v) is 4.09. The summed E-state index contributed by atoms with van der Waals surface area (Å²) in [5.41, 5.74) is 3.09. The van der Waals surface area contributed by atoms with Gasteiger partial charge in [-0.05, 0) is 49.6 Å². The predicted molar refractivity (Wildman–Crippen MR) is 106 cm³/mol. The molecular weight excluding hydrogens is 358 g/mol. The lowest BCUT2D eigenvalue weighted by Gasteiger charge is -2.15. The van der Waals surface area contributed by atoms with Crippen LogP contribution in [-0.2, 0) is 4.79 Å². The van der Waals surface area contributed by atoms with Crippen LogP contribution in [0.15, 0.2) is 53.9 Å². The van der Waals surface area contributed by atoms with E-state index in [0.29, 0.717) is 5.75 Å². The van der Waals surface area contributed by atoms with E-state index in [1.165, 1.54) is 11.8 Å². The van der Waals surface area contributed by atoms with Crippen molar-refractivity contribution in [2.75, 3.05) is 18.8 Å². The number of likely N-dealkylation sites (tertiary alicyclic amines) is 1. The molecule has 0 radical (unpaired) electrons. The molecule has 1 fully saturated rings. The Morgan fingerprint density at radius 2 is 1.89 bits per heavy atom. The molecule has 4 rings (SSSR count). The second-order valence-corrected chi connectivity index (χ2v) is 7.54. The smallest absolute Gasteiger partial charge is 0.233 e. The third-order valence-corrected chi connectivity index (χ3v) is 5.53. The van der Waals surface area contributed by atoms with Crippen LogP contribution >= 0.6 is 11.8 Å². The number of amides is 1. The van der Waals surface area contributed by atoms with E-state index >= 15 is 0 Å². The lowest BCUT2D eigenvalue weighted by molar-refractivity contribution is -0.127. The van der Waals surface area contributed by atoms with Gasteiger partial charge in [0.1, 0.15) is 0 Å². The molecule has 6 nitrogen and oxygen atoms in total. The Bertz CT molecular complexity index is 935. The maximum Gasteiger partial charge on any atom is 0.233 e. The number of carbonyl (C=O) groups is 1. The first kappa shape index (κ1) is 17.7. The van der Waals surface area contributed by atoms with Gasteiger partial charge in [0.15, 0.2) is 11.0 Å². The number of carbonyl (C=O) groups excluding carboxylic acids is 1. The average Bonchev–Trinajstić information content (AvgIpc) is 3.37. The minimum Gasteiger partial charge on any atom is -0.342 e. The molecule has 3 aromatic rings. The van der Waals surface area contributed by atoms with E-state index in [1.54, 1.807) is 12.4 Å². The summed E-state index contributed by atoms with van der Waals surface area (Å²) in [4.78, 5) is 18.5. The van der Waals surface area contributed by atoms with Crippen LogP contribution in [0.3, 0.4) is 0 Å². The van der Waals surface area contributed by atoms with Crippen molar-refractivity contribution in [2.24, 2.45) is 0 Å². The van der Waals surface area contributed by atoms with Gasteiger partial charge in [-0.2, -0.15) is 0 Å². The molecule has 0 spiro atoms. The normalized spacial score (nSPS) is 13.9. The Kier molecular flexibility index (Phi) is 5.20. The highest BCUT2D eigenvalue weighted by Crippen LogP contribution is 2.28. The fraction of sp³-hybridized carbons (Fsp3) is 0.300. The quantitative estimate of drug-likeness (QED) is 0.636. The van der Waals surface area contributed by atoms with Gasteiger partial charge in [-0.1, -0.05) is 23.9 Å².